The molecule has 1 nitrogen and oxygen atoms in total. The summed E-state index contributed by atoms with van der Waals surface area (Å²) in [5.41, 5.74) is 1.42. The third-order valence-corrected chi connectivity index (χ3v) is 3.61. The van der Waals surface area contributed by atoms with Crippen molar-refractivity contribution in [3.63, 3.8) is 0 Å². The van der Waals surface area contributed by atoms with E-state index in [0.717, 1.165) is 12.3 Å². The number of nitrogens with zero attached hydrogens (tertiary/aromatic N) is 1. The highest BCUT2D eigenvalue weighted by atomic mass is 32.1. The van der Waals surface area contributed by atoms with Gasteiger partial charge in [0.2, 0.25) is 0 Å². The molecule has 0 aromatic heterocycles. The summed E-state index contributed by atoms with van der Waals surface area (Å²) < 4.78 is 0. The smallest absolute Gasteiger partial charge is 0.0236 e. The van der Waals surface area contributed by atoms with Gasteiger partial charge in [-0.1, -0.05) is 37.3 Å². The van der Waals surface area contributed by atoms with Crippen LogP contribution >= 0.6 is 12.6 Å². The number of thiol groups is 1. The van der Waals surface area contributed by atoms with E-state index in [4.69, 9.17) is 0 Å². The summed E-state index contributed by atoms with van der Waals surface area (Å²) in [4.78, 5) is 2.58. The fourth-order valence-electron chi connectivity index (χ4n) is 1.96. The topological polar surface area (TPSA) is 3.24 Å². The average Bonchev–Trinajstić information content (AvgIpc) is 2.38. The summed E-state index contributed by atoms with van der Waals surface area (Å²) in [7, 11) is 0. The van der Waals surface area contributed by atoms with Crippen LogP contribution in [0.3, 0.4) is 0 Å². The second kappa shape index (κ2) is 8.60. The Morgan fingerprint density at radius 2 is 1.88 bits per heavy atom. The normalized spacial score (nSPS) is 12.9. The van der Waals surface area contributed by atoms with E-state index >= 15 is 0 Å². The molecular formula is C15H25NS. The molecule has 0 saturated carbocycles. The lowest BCUT2D eigenvalue weighted by Gasteiger charge is -2.28. The Labute approximate surface area is 112 Å². The molecule has 1 atom stereocenters. The zero-order chi connectivity index (χ0) is 12.5. The van der Waals surface area contributed by atoms with Crippen molar-refractivity contribution >= 4 is 12.6 Å². The minimum atomic E-state index is 0.662. The average molecular weight is 251 g/mol. The molecule has 1 unspecified atom stereocenters. The molecule has 0 radical (unpaired) electrons. The molecule has 1 aromatic carbocycles. The molecule has 0 aliphatic heterocycles. The van der Waals surface area contributed by atoms with Crippen molar-refractivity contribution in [3.05, 3.63) is 35.9 Å². The van der Waals surface area contributed by atoms with Crippen LogP contribution in [0.25, 0.3) is 0 Å². The molecule has 2 heteroatoms. The standard InChI is InChI=1S/C15H25NS/c1-3-14(2)16(11-7-8-12-17)13-15-9-5-4-6-10-15/h4-6,9-10,14,17H,3,7-8,11-13H2,1-2H3. The van der Waals surface area contributed by atoms with Crippen molar-refractivity contribution < 1.29 is 0 Å². The van der Waals surface area contributed by atoms with Crippen LogP contribution in [0.15, 0.2) is 30.3 Å². The SMILES string of the molecule is CCC(C)N(CCCCS)Cc1ccccc1. The van der Waals surface area contributed by atoms with Gasteiger partial charge in [-0.2, -0.15) is 12.6 Å². The van der Waals surface area contributed by atoms with E-state index in [0.29, 0.717) is 6.04 Å². The van der Waals surface area contributed by atoms with Gasteiger partial charge in [-0.15, -0.1) is 0 Å². The molecule has 1 rings (SSSR count). The first-order chi connectivity index (χ1) is 8.27. The molecule has 0 bridgehead atoms. The predicted octanol–water partition coefficient (Wildman–Crippen LogP) is 4.00. The maximum atomic E-state index is 4.28. The van der Waals surface area contributed by atoms with E-state index in [9.17, 15) is 0 Å². The molecule has 0 N–H and O–H groups in total. The molecule has 0 amide bonds. The zero-order valence-electron chi connectivity index (χ0n) is 11.1. The predicted molar refractivity (Wildman–Crippen MR) is 79.7 cm³/mol. The van der Waals surface area contributed by atoms with Crippen molar-refractivity contribution in [2.45, 2.75) is 45.7 Å². The third kappa shape index (κ3) is 5.60. The first kappa shape index (κ1) is 14.6. The van der Waals surface area contributed by atoms with Crippen LogP contribution < -0.4 is 0 Å². The fraction of sp³-hybridized carbons (Fsp3) is 0.600. The monoisotopic (exact) mass is 251 g/mol. The number of hydrogen-bond donors (Lipinski definition) is 1. The lowest BCUT2D eigenvalue weighted by atomic mass is 10.1. The van der Waals surface area contributed by atoms with Gasteiger partial charge in [0.15, 0.2) is 0 Å². The molecular weight excluding hydrogens is 226 g/mol. The number of benzene rings is 1. The first-order valence-electron chi connectivity index (χ1n) is 6.66. The highest BCUT2D eigenvalue weighted by Gasteiger charge is 2.11. The summed E-state index contributed by atoms with van der Waals surface area (Å²) >= 11 is 4.28. The van der Waals surface area contributed by atoms with E-state index in [1.165, 1.54) is 31.4 Å². The highest BCUT2D eigenvalue weighted by molar-refractivity contribution is 7.80. The summed E-state index contributed by atoms with van der Waals surface area (Å²) in [6, 6.07) is 11.4. The second-order valence-corrected chi connectivity index (χ2v) is 5.09. The van der Waals surface area contributed by atoms with Crippen LogP contribution in [0.5, 0.6) is 0 Å². The lowest BCUT2D eigenvalue weighted by Crippen LogP contribution is -2.33. The Balaban J connectivity index is 2.51. The van der Waals surface area contributed by atoms with Gasteiger partial charge in [-0.3, -0.25) is 4.90 Å². The summed E-state index contributed by atoms with van der Waals surface area (Å²) in [6.07, 6.45) is 3.68. The first-order valence-corrected chi connectivity index (χ1v) is 7.30. The molecule has 0 aliphatic carbocycles. The van der Waals surface area contributed by atoms with Crippen LogP contribution in [0.2, 0.25) is 0 Å². The molecule has 0 spiro atoms. The zero-order valence-corrected chi connectivity index (χ0v) is 12.0. The van der Waals surface area contributed by atoms with Crippen LogP contribution in [0.4, 0.5) is 0 Å². The van der Waals surface area contributed by atoms with Crippen LogP contribution in [-0.4, -0.2) is 23.2 Å². The number of hydrogen-bond acceptors (Lipinski definition) is 2. The van der Waals surface area contributed by atoms with Gasteiger partial charge >= 0.3 is 0 Å². The lowest BCUT2D eigenvalue weighted by molar-refractivity contribution is 0.192. The van der Waals surface area contributed by atoms with Gasteiger partial charge in [0.25, 0.3) is 0 Å². The fourth-order valence-corrected chi connectivity index (χ4v) is 2.18. The van der Waals surface area contributed by atoms with Crippen molar-refractivity contribution in [1.82, 2.24) is 4.90 Å². The van der Waals surface area contributed by atoms with Crippen LogP contribution in [0.1, 0.15) is 38.7 Å². The Kier molecular flexibility index (Phi) is 7.38. The van der Waals surface area contributed by atoms with Crippen molar-refractivity contribution in [3.8, 4) is 0 Å². The van der Waals surface area contributed by atoms with Crippen molar-refractivity contribution in [2.75, 3.05) is 12.3 Å². The second-order valence-electron chi connectivity index (χ2n) is 4.64. The van der Waals surface area contributed by atoms with E-state index in [-0.39, 0.29) is 0 Å². The molecule has 0 heterocycles. The largest absolute Gasteiger partial charge is 0.296 e. The Bertz CT molecular complexity index is 286. The van der Waals surface area contributed by atoms with Crippen LogP contribution in [-0.2, 0) is 6.54 Å². The third-order valence-electron chi connectivity index (χ3n) is 3.30. The van der Waals surface area contributed by atoms with Crippen molar-refractivity contribution in [2.24, 2.45) is 0 Å². The molecule has 0 saturated heterocycles. The van der Waals surface area contributed by atoms with Crippen molar-refractivity contribution in [1.29, 1.82) is 0 Å². The van der Waals surface area contributed by atoms with Gasteiger partial charge in [0.1, 0.15) is 0 Å². The molecule has 0 aliphatic rings. The molecule has 0 fully saturated rings. The van der Waals surface area contributed by atoms with Gasteiger partial charge < -0.3 is 0 Å². The van der Waals surface area contributed by atoms with Gasteiger partial charge in [-0.25, -0.2) is 0 Å². The van der Waals surface area contributed by atoms with E-state index in [1.54, 1.807) is 0 Å². The molecule has 1 aromatic rings. The Hall–Kier alpha value is -0.470. The van der Waals surface area contributed by atoms with Gasteiger partial charge in [0.05, 0.1) is 0 Å². The Morgan fingerprint density at radius 3 is 2.47 bits per heavy atom. The number of rotatable bonds is 8. The summed E-state index contributed by atoms with van der Waals surface area (Å²) in [5, 5.41) is 0. The van der Waals surface area contributed by atoms with Gasteiger partial charge in [0, 0.05) is 12.6 Å². The quantitative estimate of drug-likeness (QED) is 0.540. The summed E-state index contributed by atoms with van der Waals surface area (Å²) in [5.74, 6) is 1.000. The van der Waals surface area contributed by atoms with Crippen LogP contribution in [0, 0.1) is 0 Å². The minimum absolute atomic E-state index is 0.662. The highest BCUT2D eigenvalue weighted by Crippen LogP contribution is 2.11. The molecule has 17 heavy (non-hydrogen) atoms. The minimum Gasteiger partial charge on any atom is -0.296 e. The maximum Gasteiger partial charge on any atom is 0.0236 e. The molecule has 96 valence electrons. The maximum absolute atomic E-state index is 4.28. The van der Waals surface area contributed by atoms with Gasteiger partial charge in [-0.05, 0) is 44.0 Å². The Morgan fingerprint density at radius 1 is 1.18 bits per heavy atom. The van der Waals surface area contributed by atoms with E-state index < -0.39 is 0 Å². The van der Waals surface area contributed by atoms with E-state index in [1.807, 2.05) is 0 Å². The van der Waals surface area contributed by atoms with E-state index in [2.05, 4.69) is 61.7 Å². The number of unbranched alkanes of at least 4 members (excludes halogenated alkanes) is 1. The summed E-state index contributed by atoms with van der Waals surface area (Å²) in [6.45, 7) is 6.85.